The number of amidine groups is 1. The molecule has 1 aliphatic heterocycles. The van der Waals surface area contributed by atoms with Crippen molar-refractivity contribution in [2.45, 2.75) is 59.9 Å². The number of anilines is 2. The molecule has 0 radical (unpaired) electrons. The molecule has 0 bridgehead atoms. The molecule has 2 aromatic rings. The molecule has 1 aliphatic rings. The number of aromatic hydroxyl groups is 2. The van der Waals surface area contributed by atoms with Crippen LogP contribution in [0.5, 0.6) is 11.6 Å². The summed E-state index contributed by atoms with van der Waals surface area (Å²) in [4.78, 5) is 10.7. The summed E-state index contributed by atoms with van der Waals surface area (Å²) in [6, 6.07) is 4.11. The second kappa shape index (κ2) is 8.32. The molecule has 5 N–H and O–H groups in total. The van der Waals surface area contributed by atoms with Gasteiger partial charge in [-0.3, -0.25) is 9.29 Å². The zero-order valence-corrected chi connectivity index (χ0v) is 22.2. The highest BCUT2D eigenvalue weighted by molar-refractivity contribution is 7.92. The van der Waals surface area contributed by atoms with Crippen LogP contribution < -0.4 is 15.3 Å². The summed E-state index contributed by atoms with van der Waals surface area (Å²) in [5.41, 5.74) is 0.190. The predicted molar refractivity (Wildman–Crippen MR) is 135 cm³/mol. The Morgan fingerprint density at radius 3 is 2.29 bits per heavy atom. The van der Waals surface area contributed by atoms with Crippen molar-refractivity contribution in [2.24, 2.45) is 10.2 Å². The van der Waals surface area contributed by atoms with Crippen molar-refractivity contribution >= 4 is 40.1 Å². The summed E-state index contributed by atoms with van der Waals surface area (Å²) >= 11 is 0. The van der Waals surface area contributed by atoms with Gasteiger partial charge in [-0.15, -0.1) is 0 Å². The maximum Gasteiger partial charge on any atom is 0.346 e. The van der Waals surface area contributed by atoms with Crippen molar-refractivity contribution in [3.05, 3.63) is 29.5 Å². The van der Waals surface area contributed by atoms with Gasteiger partial charge < -0.3 is 25.0 Å². The number of sulfonamides is 1. The summed E-state index contributed by atoms with van der Waals surface area (Å²) in [6.07, 6.45) is 1.69. The quantitative estimate of drug-likeness (QED) is 0.383. The van der Waals surface area contributed by atoms with Gasteiger partial charge in [0.25, 0.3) is 0 Å². The van der Waals surface area contributed by atoms with Crippen molar-refractivity contribution in [2.75, 3.05) is 16.3 Å². The Labute approximate surface area is 200 Å². The zero-order valence-electron chi connectivity index (χ0n) is 20.5. The Morgan fingerprint density at radius 1 is 1.15 bits per heavy atom. The molecule has 0 aliphatic carbocycles. The van der Waals surface area contributed by atoms with E-state index in [2.05, 4.69) is 35.6 Å². The van der Waals surface area contributed by atoms with E-state index >= 15 is 0 Å². The first-order valence-electron chi connectivity index (χ1n) is 10.8. The van der Waals surface area contributed by atoms with E-state index in [9.17, 15) is 28.1 Å². The average molecular weight is 513 g/mol. The maximum atomic E-state index is 13.1. The van der Waals surface area contributed by atoms with Crippen LogP contribution in [0, 0.1) is 5.41 Å². The van der Waals surface area contributed by atoms with Crippen LogP contribution in [0.25, 0.3) is 0 Å². The first kappa shape index (κ1) is 26.1. The standard InChI is InChI=1S/C22H33N4O6PS/c1-21(2,3)10-11-26-18(22(4,5)6)17(27)16(20(26)28)19-23-14-9-8-13(25-34(7,31)32)12-15(14)33(29,30)24-19/h8-9,12,25,27-28H,10-11H2,1-7H3,(H2,23,24,29,30). The predicted octanol–water partition coefficient (Wildman–Crippen LogP) is 3.69. The van der Waals surface area contributed by atoms with Gasteiger partial charge in [0.2, 0.25) is 15.9 Å². The van der Waals surface area contributed by atoms with E-state index in [4.69, 9.17) is 0 Å². The van der Waals surface area contributed by atoms with Gasteiger partial charge in [-0.2, -0.15) is 4.76 Å². The van der Waals surface area contributed by atoms with Crippen LogP contribution in [0.3, 0.4) is 0 Å². The lowest BCUT2D eigenvalue weighted by Gasteiger charge is -2.25. The van der Waals surface area contributed by atoms with Crippen molar-refractivity contribution < 1.29 is 28.1 Å². The lowest BCUT2D eigenvalue weighted by molar-refractivity contribution is 0.319. The molecule has 0 amide bonds. The van der Waals surface area contributed by atoms with Crippen molar-refractivity contribution in [1.29, 1.82) is 0 Å². The van der Waals surface area contributed by atoms with Gasteiger partial charge in [-0.25, -0.2) is 8.42 Å². The molecule has 34 heavy (non-hydrogen) atoms. The third-order valence-electron chi connectivity index (χ3n) is 5.35. The molecule has 0 spiro atoms. The minimum atomic E-state index is -4.36. The fraction of sp³-hybridized carbons (Fsp3) is 0.500. The fourth-order valence-electron chi connectivity index (χ4n) is 3.85. The van der Waals surface area contributed by atoms with Gasteiger partial charge in [0.15, 0.2) is 11.6 Å². The number of rotatable bonds is 5. The molecule has 1 atom stereocenters. The number of benzene rings is 1. The molecule has 0 fully saturated rings. The topological polar surface area (TPSA) is 153 Å². The van der Waals surface area contributed by atoms with Crippen LogP contribution in [-0.2, 0) is 26.5 Å². The van der Waals surface area contributed by atoms with Gasteiger partial charge in [0.1, 0.15) is 5.56 Å². The molecular formula is C22H33N4O6PS. The van der Waals surface area contributed by atoms with E-state index in [1.165, 1.54) is 18.2 Å². The Kier molecular flexibility index (Phi) is 6.39. The summed E-state index contributed by atoms with van der Waals surface area (Å²) in [5, 5.41) is 25.1. The highest BCUT2D eigenvalue weighted by Gasteiger charge is 2.37. The molecule has 0 saturated carbocycles. The Balaban J connectivity index is 2.13. The second-order valence-electron chi connectivity index (χ2n) is 10.8. The van der Waals surface area contributed by atoms with Gasteiger partial charge in [-0.05, 0) is 30.0 Å². The summed E-state index contributed by atoms with van der Waals surface area (Å²) < 4.78 is 44.0. The van der Waals surface area contributed by atoms with Gasteiger partial charge in [0.05, 0.1) is 22.9 Å². The van der Waals surface area contributed by atoms with E-state index in [-0.39, 0.29) is 45.1 Å². The maximum absolute atomic E-state index is 13.1. The smallest absolute Gasteiger partial charge is 0.346 e. The Bertz CT molecular complexity index is 1320. The molecule has 3 rings (SSSR count). The Hall–Kier alpha value is -2.49. The number of aromatic nitrogens is 1. The summed E-state index contributed by atoms with van der Waals surface area (Å²) in [7, 11) is -7.94. The monoisotopic (exact) mass is 512 g/mol. The number of nitrogens with zero attached hydrogens (tertiary/aromatic N) is 2. The van der Waals surface area contributed by atoms with Crippen LogP contribution >= 0.6 is 7.52 Å². The highest BCUT2D eigenvalue weighted by atomic mass is 32.2. The molecule has 188 valence electrons. The van der Waals surface area contributed by atoms with Crippen LogP contribution in [0.15, 0.2) is 23.0 Å². The van der Waals surface area contributed by atoms with Crippen LogP contribution in [0.2, 0.25) is 0 Å². The summed E-state index contributed by atoms with van der Waals surface area (Å²) in [5.74, 6) is -0.613. The molecule has 1 aromatic carbocycles. The number of hydrogen-bond donors (Lipinski definition) is 5. The number of nitrogens with one attached hydrogen (secondary N) is 2. The molecule has 1 unspecified atom stereocenters. The first-order valence-corrected chi connectivity index (χ1v) is 14.3. The van der Waals surface area contributed by atoms with Crippen LogP contribution in [0.1, 0.15) is 59.2 Å². The van der Waals surface area contributed by atoms with E-state index < -0.39 is 23.0 Å². The average Bonchev–Trinajstić information content (AvgIpc) is 2.88. The SMILES string of the molecule is CC(C)(C)CCn1c(O)c(C2=NP(=O)(O)c3cc(NS(C)(=O)=O)ccc3N2)c(O)c1C(C)(C)C. The van der Waals surface area contributed by atoms with E-state index in [0.29, 0.717) is 18.7 Å². The molecule has 10 nitrogen and oxygen atoms in total. The minimum absolute atomic E-state index is 0.0281. The van der Waals surface area contributed by atoms with Crippen LogP contribution in [-0.4, -0.2) is 40.2 Å². The molecular weight excluding hydrogens is 479 g/mol. The Morgan fingerprint density at radius 2 is 1.76 bits per heavy atom. The fourth-order valence-corrected chi connectivity index (χ4v) is 5.68. The van der Waals surface area contributed by atoms with Crippen molar-refractivity contribution in [1.82, 2.24) is 4.57 Å². The van der Waals surface area contributed by atoms with E-state index in [1.54, 1.807) is 4.57 Å². The van der Waals surface area contributed by atoms with Gasteiger partial charge in [-0.1, -0.05) is 41.5 Å². The van der Waals surface area contributed by atoms with Gasteiger partial charge >= 0.3 is 7.52 Å². The zero-order chi connectivity index (χ0) is 25.9. The molecule has 2 heterocycles. The van der Waals surface area contributed by atoms with Gasteiger partial charge in [0, 0.05) is 17.6 Å². The van der Waals surface area contributed by atoms with E-state index in [0.717, 1.165) is 6.26 Å². The largest absolute Gasteiger partial charge is 0.505 e. The second-order valence-corrected chi connectivity index (χ2v) is 14.4. The van der Waals surface area contributed by atoms with Crippen molar-refractivity contribution in [3.63, 3.8) is 0 Å². The first-order chi connectivity index (χ1) is 15.3. The number of fused-ring (bicyclic) bond motifs is 1. The van der Waals surface area contributed by atoms with Crippen LogP contribution in [0.4, 0.5) is 11.4 Å². The number of hydrogen-bond acceptors (Lipinski definition) is 6. The highest BCUT2D eigenvalue weighted by Crippen LogP contribution is 2.50. The third kappa shape index (κ3) is 5.42. The van der Waals surface area contributed by atoms with E-state index in [1.807, 2.05) is 20.8 Å². The lowest BCUT2D eigenvalue weighted by atomic mass is 9.89. The molecule has 1 aromatic heterocycles. The van der Waals surface area contributed by atoms with Crippen molar-refractivity contribution in [3.8, 4) is 11.6 Å². The lowest BCUT2D eigenvalue weighted by Crippen LogP contribution is -2.25. The normalized spacial score (nSPS) is 18.8. The minimum Gasteiger partial charge on any atom is -0.505 e. The molecule has 0 saturated heterocycles. The molecule has 12 heteroatoms. The summed E-state index contributed by atoms with van der Waals surface area (Å²) in [6.45, 7) is 12.3. The third-order valence-corrected chi connectivity index (χ3v) is 7.42.